The summed E-state index contributed by atoms with van der Waals surface area (Å²) in [6, 6.07) is 3.88. The van der Waals surface area contributed by atoms with Crippen molar-refractivity contribution in [3.63, 3.8) is 0 Å². The zero-order valence-electron chi connectivity index (χ0n) is 12.5. The Bertz CT molecular complexity index is 563. The Morgan fingerprint density at radius 3 is 2.14 bits per heavy atom. The highest BCUT2D eigenvalue weighted by atomic mass is 16.6. The van der Waals surface area contributed by atoms with Gasteiger partial charge in [-0.2, -0.15) is 0 Å². The number of carboxylic acid groups (broad SMARTS) is 1. The van der Waals surface area contributed by atoms with E-state index < -0.39 is 29.7 Å². The van der Waals surface area contributed by atoms with E-state index >= 15 is 0 Å². The van der Waals surface area contributed by atoms with Crippen molar-refractivity contribution in [1.29, 1.82) is 0 Å². The third-order valence-corrected chi connectivity index (χ3v) is 2.42. The largest absolute Gasteiger partial charge is 0.479 e. The number of hydrogen-bond acceptors (Lipinski definition) is 4. The van der Waals surface area contributed by atoms with E-state index in [4.69, 9.17) is 10.5 Å². The lowest BCUT2D eigenvalue weighted by Crippen LogP contribution is -2.38. The molecule has 22 heavy (non-hydrogen) atoms. The van der Waals surface area contributed by atoms with Crippen molar-refractivity contribution in [3.05, 3.63) is 29.8 Å². The molecule has 1 rings (SSSR count). The first kappa shape index (κ1) is 17.3. The molecule has 0 aromatic heterocycles. The van der Waals surface area contributed by atoms with E-state index in [-0.39, 0.29) is 0 Å². The van der Waals surface area contributed by atoms with Crippen LogP contribution in [0.3, 0.4) is 0 Å². The molecule has 0 aliphatic heterocycles. The smallest absolute Gasteiger partial charge is 0.408 e. The highest BCUT2D eigenvalue weighted by Gasteiger charge is 2.25. The number of hydrogen-bond donors (Lipinski definition) is 4. The number of anilines is 1. The molecule has 8 nitrogen and oxygen atoms in total. The average Bonchev–Trinajstić information content (AvgIpc) is 2.34. The van der Waals surface area contributed by atoms with Crippen molar-refractivity contribution in [2.75, 3.05) is 5.32 Å². The Morgan fingerprint density at radius 1 is 1.18 bits per heavy atom. The van der Waals surface area contributed by atoms with Crippen LogP contribution in [0.2, 0.25) is 0 Å². The zero-order valence-corrected chi connectivity index (χ0v) is 12.5. The molecule has 1 atom stereocenters. The summed E-state index contributed by atoms with van der Waals surface area (Å²) in [5.41, 5.74) is 4.99. The van der Waals surface area contributed by atoms with Gasteiger partial charge in [0.05, 0.1) is 0 Å². The van der Waals surface area contributed by atoms with Gasteiger partial charge in [0, 0.05) is 5.69 Å². The number of aliphatic carboxylic acids is 1. The lowest BCUT2D eigenvalue weighted by Gasteiger charge is -2.22. The number of nitrogens with one attached hydrogen (secondary N) is 2. The monoisotopic (exact) mass is 309 g/mol. The van der Waals surface area contributed by atoms with Crippen molar-refractivity contribution in [3.8, 4) is 0 Å². The summed E-state index contributed by atoms with van der Waals surface area (Å²) in [6.07, 6.45) is -0.834. The minimum absolute atomic E-state index is 0.327. The van der Waals surface area contributed by atoms with Crippen molar-refractivity contribution < 1.29 is 24.2 Å². The molecule has 0 spiro atoms. The average molecular weight is 309 g/mol. The van der Waals surface area contributed by atoms with Gasteiger partial charge < -0.3 is 26.2 Å². The minimum atomic E-state index is -1.27. The lowest BCUT2D eigenvalue weighted by atomic mass is 10.1. The van der Waals surface area contributed by atoms with Crippen molar-refractivity contribution in [2.45, 2.75) is 32.4 Å². The summed E-state index contributed by atoms with van der Waals surface area (Å²) in [4.78, 5) is 33.7. The number of rotatable bonds is 4. The highest BCUT2D eigenvalue weighted by molar-refractivity contribution is 5.88. The second-order valence-electron chi connectivity index (χ2n) is 5.53. The maximum atomic E-state index is 11.7. The summed E-state index contributed by atoms with van der Waals surface area (Å²) < 4.78 is 5.03. The molecule has 0 saturated heterocycles. The van der Waals surface area contributed by atoms with E-state index in [1.54, 1.807) is 20.8 Å². The molecule has 120 valence electrons. The first-order valence-electron chi connectivity index (χ1n) is 6.47. The molecule has 5 N–H and O–H groups in total. The zero-order chi connectivity index (χ0) is 16.9. The molecule has 0 aliphatic rings. The number of carbonyl (C=O) groups is 3. The summed E-state index contributed by atoms with van der Waals surface area (Å²) >= 11 is 0. The molecule has 1 aromatic rings. The van der Waals surface area contributed by atoms with Crippen molar-refractivity contribution in [1.82, 2.24) is 5.32 Å². The van der Waals surface area contributed by atoms with Gasteiger partial charge in [-0.15, -0.1) is 0 Å². The number of alkyl carbamates (subject to hydrolysis) is 1. The quantitative estimate of drug-likeness (QED) is 0.674. The Labute approximate surface area is 127 Å². The van der Waals surface area contributed by atoms with Gasteiger partial charge in [0.15, 0.2) is 6.04 Å². The van der Waals surface area contributed by atoms with Gasteiger partial charge in [-0.3, -0.25) is 0 Å². The summed E-state index contributed by atoms with van der Waals surface area (Å²) in [7, 11) is 0. The molecule has 1 unspecified atom stereocenters. The number of nitrogens with two attached hydrogens (primary N) is 1. The maximum absolute atomic E-state index is 11.7. The molecular weight excluding hydrogens is 290 g/mol. The van der Waals surface area contributed by atoms with Crippen LogP contribution in [0, 0.1) is 0 Å². The van der Waals surface area contributed by atoms with Crippen LogP contribution in [-0.4, -0.2) is 28.8 Å². The van der Waals surface area contributed by atoms with Crippen LogP contribution in [0.25, 0.3) is 0 Å². The summed E-state index contributed by atoms with van der Waals surface area (Å²) in [5.74, 6) is -1.23. The van der Waals surface area contributed by atoms with Gasteiger partial charge in [-0.05, 0) is 38.5 Å². The molecule has 3 amide bonds. The van der Waals surface area contributed by atoms with Gasteiger partial charge in [-0.1, -0.05) is 12.1 Å². The molecular formula is C14H19N3O5. The van der Waals surface area contributed by atoms with Crippen LogP contribution in [0.4, 0.5) is 15.3 Å². The Hall–Kier alpha value is -2.77. The molecule has 0 heterocycles. The predicted octanol–water partition coefficient (Wildman–Crippen LogP) is 1.83. The van der Waals surface area contributed by atoms with Crippen LogP contribution in [0.5, 0.6) is 0 Å². The Morgan fingerprint density at radius 2 is 1.73 bits per heavy atom. The third-order valence-electron chi connectivity index (χ3n) is 2.42. The van der Waals surface area contributed by atoms with Crippen molar-refractivity contribution in [2.24, 2.45) is 5.73 Å². The summed E-state index contributed by atoms with van der Waals surface area (Å²) in [6.45, 7) is 5.02. The fraction of sp³-hybridized carbons (Fsp3) is 0.357. The number of ether oxygens (including phenoxy) is 1. The first-order chi connectivity index (χ1) is 10.1. The first-order valence-corrected chi connectivity index (χ1v) is 6.47. The van der Waals surface area contributed by atoms with Crippen LogP contribution >= 0.6 is 0 Å². The van der Waals surface area contributed by atoms with Gasteiger partial charge in [-0.25, -0.2) is 14.4 Å². The summed E-state index contributed by atoms with van der Waals surface area (Å²) in [5, 5.41) is 13.9. The maximum Gasteiger partial charge on any atom is 0.408 e. The second-order valence-corrected chi connectivity index (χ2v) is 5.53. The second kappa shape index (κ2) is 6.79. The van der Waals surface area contributed by atoms with E-state index in [2.05, 4.69) is 10.6 Å². The number of benzene rings is 1. The molecule has 1 aromatic carbocycles. The molecule has 0 aliphatic carbocycles. The lowest BCUT2D eigenvalue weighted by molar-refractivity contribution is -0.139. The number of amides is 3. The molecule has 0 bridgehead atoms. The van der Waals surface area contributed by atoms with Crippen LogP contribution in [0.15, 0.2) is 24.3 Å². The van der Waals surface area contributed by atoms with E-state index in [1.807, 2.05) is 0 Å². The Balaban J connectivity index is 2.85. The number of carbonyl (C=O) groups excluding carboxylic acids is 2. The molecule has 0 radical (unpaired) electrons. The van der Waals surface area contributed by atoms with E-state index in [1.165, 1.54) is 24.3 Å². The number of primary amides is 1. The minimum Gasteiger partial charge on any atom is -0.479 e. The van der Waals surface area contributed by atoms with E-state index in [9.17, 15) is 19.5 Å². The van der Waals surface area contributed by atoms with Crippen LogP contribution in [-0.2, 0) is 9.53 Å². The van der Waals surface area contributed by atoms with E-state index in [0.29, 0.717) is 11.3 Å². The normalized spacial score (nSPS) is 12.1. The van der Waals surface area contributed by atoms with Crippen LogP contribution < -0.4 is 16.4 Å². The van der Waals surface area contributed by atoms with Gasteiger partial charge in [0.2, 0.25) is 0 Å². The number of urea groups is 1. The van der Waals surface area contributed by atoms with Gasteiger partial charge in [0.25, 0.3) is 0 Å². The standard InChI is InChI=1S/C14H19N3O5/c1-14(2,3)22-13(21)17-10(11(18)19)8-4-6-9(7-5-8)16-12(15)20/h4-7,10H,1-3H3,(H,17,21)(H,18,19)(H3,15,16,20). The van der Waals surface area contributed by atoms with Gasteiger partial charge >= 0.3 is 18.1 Å². The number of carboxylic acids is 1. The third kappa shape index (κ3) is 5.70. The fourth-order valence-electron chi connectivity index (χ4n) is 1.61. The van der Waals surface area contributed by atoms with Gasteiger partial charge in [0.1, 0.15) is 5.60 Å². The van der Waals surface area contributed by atoms with Crippen molar-refractivity contribution >= 4 is 23.8 Å². The highest BCUT2D eigenvalue weighted by Crippen LogP contribution is 2.18. The van der Waals surface area contributed by atoms with Crippen LogP contribution in [0.1, 0.15) is 32.4 Å². The molecule has 8 heteroatoms. The fourth-order valence-corrected chi connectivity index (χ4v) is 1.61. The predicted molar refractivity (Wildman–Crippen MR) is 79.4 cm³/mol. The molecule has 0 fully saturated rings. The van der Waals surface area contributed by atoms with E-state index in [0.717, 1.165) is 0 Å². The topological polar surface area (TPSA) is 131 Å². The Kier molecular flexibility index (Phi) is 5.33. The SMILES string of the molecule is CC(C)(C)OC(=O)NC(C(=O)O)c1ccc(NC(N)=O)cc1. The molecule has 0 saturated carbocycles.